The molecule has 2 aliphatic heterocycles. The van der Waals surface area contributed by atoms with Gasteiger partial charge in [0.2, 0.25) is 0 Å². The molecule has 2 aromatic heterocycles. The molecule has 1 spiro atoms. The zero-order chi connectivity index (χ0) is 21.4. The Labute approximate surface area is 180 Å². The molecule has 0 saturated carbocycles. The first kappa shape index (κ1) is 19.4. The lowest BCUT2D eigenvalue weighted by molar-refractivity contribution is -0.152. The van der Waals surface area contributed by atoms with Crippen LogP contribution in [0.25, 0.3) is 0 Å². The van der Waals surface area contributed by atoms with Crippen LogP contribution in [0, 0.1) is 0 Å². The Morgan fingerprint density at radius 2 is 1.42 bits per heavy atom. The second-order valence-electron chi connectivity index (χ2n) is 8.05. The van der Waals surface area contributed by atoms with Crippen molar-refractivity contribution >= 4 is 11.8 Å². The van der Waals surface area contributed by atoms with Crippen molar-refractivity contribution in [1.82, 2.24) is 19.8 Å². The van der Waals surface area contributed by atoms with Crippen molar-refractivity contribution in [2.45, 2.75) is 17.5 Å². The SMILES string of the molecule is O=C(c1ccncc1)N1CC2(C1)[C@@H](c1ccccc1)[C@@H](CO)N2C(=O)c1ccncc1. The first-order chi connectivity index (χ1) is 15.2. The van der Waals surface area contributed by atoms with E-state index in [4.69, 9.17) is 0 Å². The maximum absolute atomic E-state index is 13.4. The van der Waals surface area contributed by atoms with Gasteiger partial charge in [0.1, 0.15) is 0 Å². The van der Waals surface area contributed by atoms with Crippen LogP contribution in [0.3, 0.4) is 0 Å². The van der Waals surface area contributed by atoms with E-state index >= 15 is 0 Å². The normalized spacial score (nSPS) is 21.3. The quantitative estimate of drug-likeness (QED) is 0.705. The lowest BCUT2D eigenvalue weighted by Gasteiger charge is -2.70. The third-order valence-corrected chi connectivity index (χ3v) is 6.41. The van der Waals surface area contributed by atoms with Crippen LogP contribution in [0.5, 0.6) is 0 Å². The minimum Gasteiger partial charge on any atom is -0.394 e. The van der Waals surface area contributed by atoms with E-state index in [0.29, 0.717) is 24.2 Å². The van der Waals surface area contributed by atoms with Gasteiger partial charge in [0.05, 0.1) is 18.2 Å². The van der Waals surface area contributed by atoms with Gasteiger partial charge in [0.25, 0.3) is 11.8 Å². The maximum Gasteiger partial charge on any atom is 0.254 e. The monoisotopic (exact) mass is 414 g/mol. The number of benzene rings is 1. The number of hydrogen-bond donors (Lipinski definition) is 1. The van der Waals surface area contributed by atoms with Crippen LogP contribution in [-0.4, -0.2) is 68.0 Å². The minimum atomic E-state index is -0.544. The van der Waals surface area contributed by atoms with Crippen LogP contribution in [0.15, 0.2) is 79.4 Å². The Morgan fingerprint density at radius 3 is 1.97 bits per heavy atom. The molecule has 2 amide bonds. The molecule has 0 aliphatic carbocycles. The van der Waals surface area contributed by atoms with Crippen molar-refractivity contribution in [2.75, 3.05) is 19.7 Å². The number of pyridine rings is 2. The highest BCUT2D eigenvalue weighted by molar-refractivity contribution is 5.98. The van der Waals surface area contributed by atoms with Gasteiger partial charge in [-0.05, 0) is 29.8 Å². The Bertz CT molecular complexity index is 1090. The molecule has 31 heavy (non-hydrogen) atoms. The van der Waals surface area contributed by atoms with E-state index in [1.54, 1.807) is 58.9 Å². The molecule has 5 rings (SSSR count). The van der Waals surface area contributed by atoms with Gasteiger partial charge in [-0.3, -0.25) is 19.6 Å². The largest absolute Gasteiger partial charge is 0.394 e. The van der Waals surface area contributed by atoms with E-state index < -0.39 is 5.54 Å². The number of aromatic nitrogens is 2. The molecule has 7 heteroatoms. The van der Waals surface area contributed by atoms with Crippen LogP contribution >= 0.6 is 0 Å². The number of likely N-dealkylation sites (tertiary alicyclic amines) is 2. The zero-order valence-electron chi connectivity index (χ0n) is 16.8. The molecule has 4 heterocycles. The topological polar surface area (TPSA) is 86.6 Å². The van der Waals surface area contributed by atoms with Gasteiger partial charge in [-0.25, -0.2) is 0 Å². The number of carbonyl (C=O) groups excluding carboxylic acids is 2. The molecular formula is C24H22N4O3. The second-order valence-corrected chi connectivity index (χ2v) is 8.05. The number of rotatable bonds is 4. The molecule has 0 radical (unpaired) electrons. The van der Waals surface area contributed by atoms with Gasteiger partial charge in [-0.15, -0.1) is 0 Å². The molecule has 3 aromatic rings. The summed E-state index contributed by atoms with van der Waals surface area (Å²) in [5.41, 5.74) is 1.62. The van der Waals surface area contributed by atoms with E-state index in [-0.39, 0.29) is 30.4 Å². The van der Waals surface area contributed by atoms with Crippen LogP contribution in [-0.2, 0) is 0 Å². The fourth-order valence-corrected chi connectivity index (χ4v) is 5.06. The van der Waals surface area contributed by atoms with Gasteiger partial charge in [0.15, 0.2) is 0 Å². The van der Waals surface area contributed by atoms with Crippen molar-refractivity contribution in [3.05, 3.63) is 96.1 Å². The number of aliphatic hydroxyl groups excluding tert-OH is 1. The van der Waals surface area contributed by atoms with Crippen LogP contribution in [0.2, 0.25) is 0 Å². The lowest BCUT2D eigenvalue weighted by Crippen LogP contribution is -2.86. The van der Waals surface area contributed by atoms with Crippen LogP contribution < -0.4 is 0 Å². The third-order valence-electron chi connectivity index (χ3n) is 6.41. The fraction of sp³-hybridized carbons (Fsp3) is 0.250. The molecule has 156 valence electrons. The molecule has 2 atom stereocenters. The first-order valence-corrected chi connectivity index (χ1v) is 10.2. The van der Waals surface area contributed by atoms with Crippen molar-refractivity contribution in [3.63, 3.8) is 0 Å². The van der Waals surface area contributed by atoms with Crippen molar-refractivity contribution in [3.8, 4) is 0 Å². The number of aliphatic hydroxyl groups is 1. The summed E-state index contributed by atoms with van der Waals surface area (Å²) in [5.74, 6) is -0.279. The smallest absolute Gasteiger partial charge is 0.254 e. The van der Waals surface area contributed by atoms with Gasteiger partial charge < -0.3 is 14.9 Å². The summed E-state index contributed by atoms with van der Waals surface area (Å²) in [5, 5.41) is 10.2. The van der Waals surface area contributed by atoms with E-state index in [1.807, 2.05) is 30.3 Å². The summed E-state index contributed by atoms with van der Waals surface area (Å²) in [7, 11) is 0. The Balaban J connectivity index is 1.48. The Hall–Kier alpha value is -3.58. The van der Waals surface area contributed by atoms with Crippen molar-refractivity contribution in [1.29, 1.82) is 0 Å². The minimum absolute atomic E-state index is 0.0500. The molecule has 2 aliphatic rings. The molecule has 7 nitrogen and oxygen atoms in total. The molecule has 1 aromatic carbocycles. The highest BCUT2D eigenvalue weighted by atomic mass is 16.3. The lowest BCUT2D eigenvalue weighted by atomic mass is 9.60. The molecule has 0 unspecified atom stereocenters. The predicted molar refractivity (Wildman–Crippen MR) is 113 cm³/mol. The summed E-state index contributed by atoms with van der Waals surface area (Å²) in [4.78, 5) is 37.8. The van der Waals surface area contributed by atoms with Crippen LogP contribution in [0.4, 0.5) is 0 Å². The van der Waals surface area contributed by atoms with Gasteiger partial charge >= 0.3 is 0 Å². The summed E-state index contributed by atoms with van der Waals surface area (Å²) in [6.45, 7) is 0.693. The van der Waals surface area contributed by atoms with Gasteiger partial charge in [-0.1, -0.05) is 30.3 Å². The first-order valence-electron chi connectivity index (χ1n) is 10.2. The second kappa shape index (κ2) is 7.59. The molecule has 2 fully saturated rings. The summed E-state index contributed by atoms with van der Waals surface area (Å²) in [6.07, 6.45) is 6.37. The summed E-state index contributed by atoms with van der Waals surface area (Å²) >= 11 is 0. The van der Waals surface area contributed by atoms with Gasteiger partial charge in [-0.2, -0.15) is 0 Å². The fourth-order valence-electron chi connectivity index (χ4n) is 5.06. The number of amides is 2. The zero-order valence-corrected chi connectivity index (χ0v) is 16.8. The molecule has 0 bridgehead atoms. The number of nitrogens with zero attached hydrogens (tertiary/aromatic N) is 4. The molecular weight excluding hydrogens is 392 g/mol. The summed E-state index contributed by atoms with van der Waals surface area (Å²) in [6, 6.07) is 16.3. The number of carbonyl (C=O) groups is 2. The van der Waals surface area contributed by atoms with Gasteiger partial charge in [0, 0.05) is 54.9 Å². The van der Waals surface area contributed by atoms with E-state index in [9.17, 15) is 14.7 Å². The average Bonchev–Trinajstić information content (AvgIpc) is 2.79. The van der Waals surface area contributed by atoms with E-state index in [1.165, 1.54) is 0 Å². The highest BCUT2D eigenvalue weighted by Gasteiger charge is 2.68. The van der Waals surface area contributed by atoms with Crippen LogP contribution in [0.1, 0.15) is 32.2 Å². The average molecular weight is 414 g/mol. The van der Waals surface area contributed by atoms with Crippen molar-refractivity contribution in [2.24, 2.45) is 0 Å². The number of hydrogen-bond acceptors (Lipinski definition) is 5. The Morgan fingerprint density at radius 1 is 0.871 bits per heavy atom. The van der Waals surface area contributed by atoms with Crippen molar-refractivity contribution < 1.29 is 14.7 Å². The van der Waals surface area contributed by atoms with E-state index in [0.717, 1.165) is 5.56 Å². The molecule has 2 saturated heterocycles. The highest BCUT2D eigenvalue weighted by Crippen LogP contribution is 2.54. The Kier molecular flexibility index (Phi) is 4.75. The third kappa shape index (κ3) is 3.00. The standard InChI is InChI=1S/C24H22N4O3/c29-14-20-21(17-4-2-1-3-5-17)24(28(20)23(31)19-8-12-26-13-9-19)15-27(16-24)22(30)18-6-10-25-11-7-18/h1-13,20-21,29H,14-16H2/t20-,21+/m1/s1. The predicted octanol–water partition coefficient (Wildman–Crippen LogP) is 1.97. The summed E-state index contributed by atoms with van der Waals surface area (Å²) < 4.78 is 0. The maximum atomic E-state index is 13.4. The molecule has 1 N–H and O–H groups in total. The van der Waals surface area contributed by atoms with E-state index in [2.05, 4.69) is 9.97 Å².